The summed E-state index contributed by atoms with van der Waals surface area (Å²) < 4.78 is 0. The predicted molar refractivity (Wildman–Crippen MR) is 57.1 cm³/mol. The maximum Gasteiger partial charge on any atom is 0.120 e. The normalized spacial score (nSPS) is 18.1. The summed E-state index contributed by atoms with van der Waals surface area (Å²) >= 11 is 0. The fourth-order valence-corrected chi connectivity index (χ4v) is 1.69. The van der Waals surface area contributed by atoms with Gasteiger partial charge in [-0.05, 0) is 31.7 Å². The lowest BCUT2D eigenvalue weighted by Gasteiger charge is -2.13. The van der Waals surface area contributed by atoms with Gasteiger partial charge in [-0.2, -0.15) is 0 Å². The zero-order valence-electron chi connectivity index (χ0n) is 8.53. The van der Waals surface area contributed by atoms with Crippen LogP contribution in [0.2, 0.25) is 0 Å². The van der Waals surface area contributed by atoms with Gasteiger partial charge in [0.15, 0.2) is 0 Å². The summed E-state index contributed by atoms with van der Waals surface area (Å²) in [5, 5.41) is 13.0. The van der Waals surface area contributed by atoms with E-state index in [1.807, 2.05) is 18.2 Å². The molecule has 14 heavy (non-hydrogen) atoms. The minimum atomic E-state index is 0.392. The van der Waals surface area contributed by atoms with E-state index >= 15 is 0 Å². The van der Waals surface area contributed by atoms with E-state index in [4.69, 9.17) is 0 Å². The zero-order chi connectivity index (χ0) is 9.97. The highest BCUT2D eigenvalue weighted by atomic mass is 16.3. The first kappa shape index (κ1) is 9.53. The molecule has 0 aromatic heterocycles. The molecule has 76 valence electrons. The van der Waals surface area contributed by atoms with Gasteiger partial charge in [0.2, 0.25) is 0 Å². The van der Waals surface area contributed by atoms with Crippen LogP contribution in [0.25, 0.3) is 0 Å². The number of benzene rings is 1. The summed E-state index contributed by atoms with van der Waals surface area (Å²) in [7, 11) is 0. The minimum absolute atomic E-state index is 0.392. The molecule has 0 heterocycles. The van der Waals surface area contributed by atoms with Crippen LogP contribution in [0.5, 0.6) is 5.75 Å². The fourth-order valence-electron chi connectivity index (χ4n) is 1.69. The van der Waals surface area contributed by atoms with Crippen LogP contribution in [0.3, 0.4) is 0 Å². The van der Waals surface area contributed by atoms with Gasteiger partial charge >= 0.3 is 0 Å². The molecule has 0 unspecified atom stereocenters. The van der Waals surface area contributed by atoms with Gasteiger partial charge in [0, 0.05) is 18.2 Å². The second-order valence-corrected chi connectivity index (χ2v) is 4.14. The fraction of sp³-hybridized carbons (Fsp3) is 0.500. The maximum absolute atomic E-state index is 9.54. The standard InChI is InChI=1S/C12H17NO/c1-9(10-6-7-10)13-8-11-4-2-3-5-12(11)14/h2-5,9-10,13-14H,6-8H2,1H3/t9-/m0/s1. The zero-order valence-corrected chi connectivity index (χ0v) is 8.53. The SMILES string of the molecule is C[C@H](NCc1ccccc1O)C1CC1. The highest BCUT2D eigenvalue weighted by molar-refractivity contribution is 5.31. The van der Waals surface area contributed by atoms with Crippen LogP contribution in [0.4, 0.5) is 0 Å². The van der Waals surface area contributed by atoms with Gasteiger partial charge in [-0.1, -0.05) is 18.2 Å². The quantitative estimate of drug-likeness (QED) is 0.765. The van der Waals surface area contributed by atoms with Crippen LogP contribution in [0, 0.1) is 5.92 Å². The summed E-state index contributed by atoms with van der Waals surface area (Å²) in [6.45, 7) is 2.99. The predicted octanol–water partition coefficient (Wildman–Crippen LogP) is 2.28. The molecule has 0 bridgehead atoms. The van der Waals surface area contributed by atoms with E-state index in [1.54, 1.807) is 6.07 Å². The molecule has 1 aliphatic carbocycles. The van der Waals surface area contributed by atoms with Crippen molar-refractivity contribution < 1.29 is 5.11 Å². The molecule has 1 atom stereocenters. The van der Waals surface area contributed by atoms with Crippen molar-refractivity contribution in [2.24, 2.45) is 5.92 Å². The van der Waals surface area contributed by atoms with Crippen LogP contribution in [-0.4, -0.2) is 11.1 Å². The summed E-state index contributed by atoms with van der Waals surface area (Å²) in [6, 6.07) is 8.08. The Labute approximate surface area is 85.0 Å². The molecule has 1 aromatic carbocycles. The Bertz CT molecular complexity index is 307. The molecule has 1 aliphatic rings. The number of phenols is 1. The van der Waals surface area contributed by atoms with Crippen molar-refractivity contribution in [2.75, 3.05) is 0 Å². The topological polar surface area (TPSA) is 32.3 Å². The Balaban J connectivity index is 1.87. The van der Waals surface area contributed by atoms with Gasteiger partial charge in [0.25, 0.3) is 0 Å². The summed E-state index contributed by atoms with van der Waals surface area (Å²) in [6.07, 6.45) is 2.71. The van der Waals surface area contributed by atoms with Crippen LogP contribution < -0.4 is 5.32 Å². The van der Waals surface area contributed by atoms with Crippen LogP contribution in [-0.2, 0) is 6.54 Å². The van der Waals surface area contributed by atoms with E-state index in [-0.39, 0.29) is 0 Å². The lowest BCUT2D eigenvalue weighted by Crippen LogP contribution is -2.27. The number of rotatable bonds is 4. The molecule has 2 nitrogen and oxygen atoms in total. The van der Waals surface area contributed by atoms with Gasteiger partial charge < -0.3 is 10.4 Å². The number of phenolic OH excluding ortho intramolecular Hbond substituents is 1. The second kappa shape index (κ2) is 4.01. The third-order valence-corrected chi connectivity index (χ3v) is 2.94. The molecule has 1 saturated carbocycles. The van der Waals surface area contributed by atoms with Crippen molar-refractivity contribution in [1.29, 1.82) is 0 Å². The Hall–Kier alpha value is -1.02. The molecule has 0 amide bonds. The summed E-state index contributed by atoms with van der Waals surface area (Å²) in [5.74, 6) is 1.25. The number of para-hydroxylation sites is 1. The summed E-state index contributed by atoms with van der Waals surface area (Å²) in [5.41, 5.74) is 0.986. The van der Waals surface area contributed by atoms with Crippen LogP contribution >= 0.6 is 0 Å². The molecule has 0 radical (unpaired) electrons. The van der Waals surface area contributed by atoms with Crippen molar-refractivity contribution in [2.45, 2.75) is 32.4 Å². The number of hydrogen-bond acceptors (Lipinski definition) is 2. The van der Waals surface area contributed by atoms with Gasteiger partial charge in [-0.3, -0.25) is 0 Å². The van der Waals surface area contributed by atoms with Crippen molar-refractivity contribution >= 4 is 0 Å². The molecule has 2 heteroatoms. The Morgan fingerprint density at radius 1 is 1.43 bits per heavy atom. The number of nitrogens with one attached hydrogen (secondary N) is 1. The largest absolute Gasteiger partial charge is 0.508 e. The average Bonchev–Trinajstić information content (AvgIpc) is 2.99. The second-order valence-electron chi connectivity index (χ2n) is 4.14. The van der Waals surface area contributed by atoms with E-state index in [1.165, 1.54) is 12.8 Å². The molecular formula is C12H17NO. The van der Waals surface area contributed by atoms with E-state index < -0.39 is 0 Å². The average molecular weight is 191 g/mol. The van der Waals surface area contributed by atoms with E-state index in [2.05, 4.69) is 12.2 Å². The highest BCUT2D eigenvalue weighted by Gasteiger charge is 2.27. The first-order valence-corrected chi connectivity index (χ1v) is 5.27. The molecule has 1 fully saturated rings. The van der Waals surface area contributed by atoms with E-state index in [0.717, 1.165) is 18.0 Å². The van der Waals surface area contributed by atoms with Crippen LogP contribution in [0.1, 0.15) is 25.3 Å². The lowest BCUT2D eigenvalue weighted by atomic mass is 10.1. The lowest BCUT2D eigenvalue weighted by molar-refractivity contribution is 0.451. The smallest absolute Gasteiger partial charge is 0.120 e. The molecule has 2 N–H and O–H groups in total. The number of aromatic hydroxyl groups is 1. The van der Waals surface area contributed by atoms with Crippen LogP contribution in [0.15, 0.2) is 24.3 Å². The first-order valence-electron chi connectivity index (χ1n) is 5.27. The maximum atomic E-state index is 9.54. The highest BCUT2D eigenvalue weighted by Crippen LogP contribution is 2.32. The van der Waals surface area contributed by atoms with Crippen molar-refractivity contribution in [3.05, 3.63) is 29.8 Å². The molecular weight excluding hydrogens is 174 g/mol. The van der Waals surface area contributed by atoms with Gasteiger partial charge in [-0.15, -0.1) is 0 Å². The van der Waals surface area contributed by atoms with Gasteiger partial charge in [0.05, 0.1) is 0 Å². The Morgan fingerprint density at radius 2 is 2.14 bits per heavy atom. The first-order chi connectivity index (χ1) is 6.77. The van der Waals surface area contributed by atoms with Gasteiger partial charge in [0.1, 0.15) is 5.75 Å². The summed E-state index contributed by atoms with van der Waals surface area (Å²) in [4.78, 5) is 0. The Morgan fingerprint density at radius 3 is 2.79 bits per heavy atom. The van der Waals surface area contributed by atoms with Crippen molar-refractivity contribution in [1.82, 2.24) is 5.32 Å². The third kappa shape index (κ3) is 2.26. The molecule has 1 aromatic rings. The monoisotopic (exact) mass is 191 g/mol. The minimum Gasteiger partial charge on any atom is -0.508 e. The van der Waals surface area contributed by atoms with Crippen molar-refractivity contribution in [3.63, 3.8) is 0 Å². The molecule has 2 rings (SSSR count). The number of hydrogen-bond donors (Lipinski definition) is 2. The third-order valence-electron chi connectivity index (χ3n) is 2.94. The van der Waals surface area contributed by atoms with E-state index in [0.29, 0.717) is 11.8 Å². The van der Waals surface area contributed by atoms with Gasteiger partial charge in [-0.25, -0.2) is 0 Å². The molecule has 0 spiro atoms. The Kier molecular flexibility index (Phi) is 2.73. The van der Waals surface area contributed by atoms with E-state index in [9.17, 15) is 5.11 Å². The molecule has 0 aliphatic heterocycles. The van der Waals surface area contributed by atoms with Crippen molar-refractivity contribution in [3.8, 4) is 5.75 Å². The molecule has 0 saturated heterocycles.